The van der Waals surface area contributed by atoms with Crippen molar-refractivity contribution in [1.82, 2.24) is 5.32 Å². The van der Waals surface area contributed by atoms with Gasteiger partial charge in [-0.25, -0.2) is 8.42 Å². The Morgan fingerprint density at radius 1 is 1.12 bits per heavy atom. The molecule has 11 heteroatoms. The van der Waals surface area contributed by atoms with Crippen molar-refractivity contribution in [1.29, 1.82) is 0 Å². The molecule has 0 aliphatic rings. The van der Waals surface area contributed by atoms with E-state index in [0.29, 0.717) is 39.5 Å². The highest BCUT2D eigenvalue weighted by molar-refractivity contribution is 7.98. The van der Waals surface area contributed by atoms with Crippen LogP contribution in [0.3, 0.4) is 0 Å². The molecule has 176 valence electrons. The molecule has 0 bridgehead atoms. The van der Waals surface area contributed by atoms with Crippen LogP contribution in [-0.4, -0.2) is 46.5 Å². The molecule has 0 aromatic heterocycles. The lowest BCUT2D eigenvalue weighted by Gasteiger charge is -2.23. The second-order valence-corrected chi connectivity index (χ2v) is 11.2. The molecule has 0 unspecified atom stereocenters. The number of methoxy groups -OCH3 is 1. The maximum Gasteiger partial charge on any atom is 0.232 e. The topological polar surface area (TPSA) is 75.7 Å². The summed E-state index contributed by atoms with van der Waals surface area (Å²) in [5.41, 5.74) is 1.42. The summed E-state index contributed by atoms with van der Waals surface area (Å²) >= 11 is 19.8. The number of nitrogens with one attached hydrogen (secondary N) is 1. The van der Waals surface area contributed by atoms with E-state index < -0.39 is 10.0 Å². The third kappa shape index (κ3) is 8.56. The minimum atomic E-state index is -3.53. The van der Waals surface area contributed by atoms with Crippen LogP contribution in [0.5, 0.6) is 5.75 Å². The van der Waals surface area contributed by atoms with Gasteiger partial charge < -0.3 is 10.1 Å². The number of rotatable bonds is 12. The Kier molecular flexibility index (Phi) is 10.8. The number of thioether (sulfide) groups is 1. The van der Waals surface area contributed by atoms with Crippen LogP contribution >= 0.6 is 46.6 Å². The van der Waals surface area contributed by atoms with Crippen LogP contribution in [0.1, 0.15) is 18.4 Å². The van der Waals surface area contributed by atoms with Gasteiger partial charge in [0.15, 0.2) is 0 Å². The second kappa shape index (κ2) is 12.8. The van der Waals surface area contributed by atoms with Gasteiger partial charge in [0.2, 0.25) is 15.9 Å². The zero-order valence-corrected chi connectivity index (χ0v) is 21.6. The Bertz CT molecular complexity index is 1040. The summed E-state index contributed by atoms with van der Waals surface area (Å²) in [6.45, 7) is 0.678. The number of hydrogen-bond acceptors (Lipinski definition) is 5. The molecule has 2 aromatic carbocycles. The van der Waals surface area contributed by atoms with Gasteiger partial charge in [0.1, 0.15) is 5.75 Å². The number of benzene rings is 2. The summed E-state index contributed by atoms with van der Waals surface area (Å²) in [5, 5.41) is 4.39. The predicted molar refractivity (Wildman–Crippen MR) is 135 cm³/mol. The minimum absolute atomic E-state index is 0.128. The maximum absolute atomic E-state index is 12.2. The molecule has 6 nitrogen and oxygen atoms in total. The first-order valence-electron chi connectivity index (χ1n) is 9.71. The molecule has 2 rings (SSSR count). The fraction of sp³-hybridized carbons (Fsp3) is 0.381. The predicted octanol–water partition coefficient (Wildman–Crippen LogP) is 5.25. The van der Waals surface area contributed by atoms with E-state index in [4.69, 9.17) is 39.5 Å². The number of hydrogen-bond donors (Lipinski definition) is 1. The van der Waals surface area contributed by atoms with Crippen molar-refractivity contribution in [3.8, 4) is 5.75 Å². The highest BCUT2D eigenvalue weighted by Gasteiger charge is 2.19. The van der Waals surface area contributed by atoms with Gasteiger partial charge in [-0.15, -0.1) is 0 Å². The summed E-state index contributed by atoms with van der Waals surface area (Å²) < 4.78 is 30.8. The zero-order chi connectivity index (χ0) is 23.7. The minimum Gasteiger partial charge on any atom is -0.495 e. The molecular weight excluding hydrogens is 515 g/mol. The molecule has 0 aliphatic carbocycles. The van der Waals surface area contributed by atoms with Crippen molar-refractivity contribution in [2.75, 3.05) is 36.5 Å². The molecular formula is C21H25Cl3N2O4S2. The number of nitrogens with zero attached hydrogens (tertiary/aromatic N) is 1. The lowest BCUT2D eigenvalue weighted by molar-refractivity contribution is -0.121. The summed E-state index contributed by atoms with van der Waals surface area (Å²) in [4.78, 5) is 12.1. The molecule has 0 heterocycles. The van der Waals surface area contributed by atoms with Gasteiger partial charge >= 0.3 is 0 Å². The van der Waals surface area contributed by atoms with E-state index in [1.165, 1.54) is 17.5 Å². The number of carbonyl (C=O) groups is 1. The average Bonchev–Trinajstić information content (AvgIpc) is 2.71. The van der Waals surface area contributed by atoms with Gasteiger partial charge in [0, 0.05) is 41.1 Å². The van der Waals surface area contributed by atoms with Crippen molar-refractivity contribution in [3.63, 3.8) is 0 Å². The molecule has 0 atom stereocenters. The highest BCUT2D eigenvalue weighted by atomic mass is 35.5. The van der Waals surface area contributed by atoms with E-state index in [-0.39, 0.29) is 18.9 Å². The summed E-state index contributed by atoms with van der Waals surface area (Å²) in [7, 11) is -2.04. The van der Waals surface area contributed by atoms with Crippen LogP contribution in [0.4, 0.5) is 5.69 Å². The molecule has 0 saturated heterocycles. The first-order chi connectivity index (χ1) is 15.1. The number of ether oxygens (including phenoxy) is 1. The SMILES string of the molecule is COc1ccc(N(CCCC(=O)NCCSCc2ccc(Cl)cc2Cl)S(C)(=O)=O)cc1Cl. The lowest BCUT2D eigenvalue weighted by Crippen LogP contribution is -2.32. The maximum atomic E-state index is 12.2. The molecule has 0 spiro atoms. The van der Waals surface area contributed by atoms with Crippen LogP contribution in [0.25, 0.3) is 0 Å². The van der Waals surface area contributed by atoms with E-state index in [9.17, 15) is 13.2 Å². The van der Waals surface area contributed by atoms with Crippen molar-refractivity contribution >= 4 is 68.2 Å². The normalized spacial score (nSPS) is 11.3. The second-order valence-electron chi connectivity index (χ2n) is 6.90. The number of carbonyl (C=O) groups excluding carboxylic acids is 1. The third-order valence-electron chi connectivity index (χ3n) is 4.43. The van der Waals surface area contributed by atoms with Gasteiger partial charge in [-0.3, -0.25) is 9.10 Å². The Morgan fingerprint density at radius 2 is 1.88 bits per heavy atom. The Balaban J connectivity index is 1.75. The van der Waals surface area contributed by atoms with Crippen LogP contribution in [0.2, 0.25) is 15.1 Å². The van der Waals surface area contributed by atoms with Crippen LogP contribution in [-0.2, 0) is 20.6 Å². The Morgan fingerprint density at radius 3 is 2.50 bits per heavy atom. The monoisotopic (exact) mass is 538 g/mol. The van der Waals surface area contributed by atoms with E-state index in [1.54, 1.807) is 36.0 Å². The van der Waals surface area contributed by atoms with E-state index in [2.05, 4.69) is 5.32 Å². The summed E-state index contributed by atoms with van der Waals surface area (Å²) in [5.74, 6) is 1.78. The van der Waals surface area contributed by atoms with Crippen LogP contribution in [0, 0.1) is 0 Å². The van der Waals surface area contributed by atoms with E-state index in [0.717, 1.165) is 23.3 Å². The lowest BCUT2D eigenvalue weighted by atomic mass is 10.2. The first-order valence-corrected chi connectivity index (χ1v) is 13.8. The number of amides is 1. The molecule has 0 saturated carbocycles. The zero-order valence-electron chi connectivity index (χ0n) is 17.7. The third-order valence-corrected chi connectivity index (χ3v) is 7.51. The van der Waals surface area contributed by atoms with Gasteiger partial charge in [-0.05, 0) is 42.3 Å². The molecule has 0 radical (unpaired) electrons. The fourth-order valence-corrected chi connectivity index (χ4v) is 5.48. The highest BCUT2D eigenvalue weighted by Crippen LogP contribution is 2.30. The smallest absolute Gasteiger partial charge is 0.232 e. The quantitative estimate of drug-likeness (QED) is 0.373. The summed E-state index contributed by atoms with van der Waals surface area (Å²) in [6.07, 6.45) is 1.70. The standard InChI is InChI=1S/C21H25Cl3N2O4S2/c1-30-20-8-7-17(13-19(20)24)26(32(2,28)29)10-3-4-21(27)25-9-11-31-14-15-5-6-16(22)12-18(15)23/h5-8,12-13H,3-4,9-11,14H2,1-2H3,(H,25,27). The van der Waals surface area contributed by atoms with Crippen molar-refractivity contribution in [2.24, 2.45) is 0 Å². The summed E-state index contributed by atoms with van der Waals surface area (Å²) in [6, 6.07) is 10.2. The number of halogens is 3. The molecule has 1 N–H and O–H groups in total. The fourth-order valence-electron chi connectivity index (χ4n) is 2.85. The van der Waals surface area contributed by atoms with Gasteiger partial charge in [0.25, 0.3) is 0 Å². The van der Waals surface area contributed by atoms with Gasteiger partial charge in [-0.1, -0.05) is 40.9 Å². The van der Waals surface area contributed by atoms with E-state index >= 15 is 0 Å². The van der Waals surface area contributed by atoms with Crippen molar-refractivity contribution in [3.05, 3.63) is 57.0 Å². The molecule has 2 aromatic rings. The van der Waals surface area contributed by atoms with Crippen LogP contribution in [0.15, 0.2) is 36.4 Å². The first kappa shape index (κ1) is 26.9. The number of anilines is 1. The molecule has 0 fully saturated rings. The number of sulfonamides is 1. The largest absolute Gasteiger partial charge is 0.495 e. The van der Waals surface area contributed by atoms with Crippen LogP contribution < -0.4 is 14.4 Å². The molecule has 1 amide bonds. The van der Waals surface area contributed by atoms with Crippen molar-refractivity contribution in [2.45, 2.75) is 18.6 Å². The van der Waals surface area contributed by atoms with Gasteiger partial charge in [0.05, 0.1) is 24.1 Å². The van der Waals surface area contributed by atoms with Gasteiger partial charge in [-0.2, -0.15) is 11.8 Å². The average molecular weight is 540 g/mol. The van der Waals surface area contributed by atoms with E-state index in [1.807, 2.05) is 6.07 Å². The Labute approximate surface area is 208 Å². The molecule has 0 aliphatic heterocycles. The Hall–Kier alpha value is -1.32. The van der Waals surface area contributed by atoms with Crippen molar-refractivity contribution < 1.29 is 17.9 Å². The molecule has 32 heavy (non-hydrogen) atoms.